The van der Waals surface area contributed by atoms with Gasteiger partial charge >= 0.3 is 0 Å². The Labute approximate surface area is 244 Å². The van der Waals surface area contributed by atoms with E-state index in [9.17, 15) is 0 Å². The third kappa shape index (κ3) is 5.74. The van der Waals surface area contributed by atoms with E-state index >= 15 is 0 Å². The highest BCUT2D eigenvalue weighted by Gasteiger charge is 2.43. The van der Waals surface area contributed by atoms with Crippen LogP contribution in [0.3, 0.4) is 0 Å². The van der Waals surface area contributed by atoms with Gasteiger partial charge in [0.15, 0.2) is 0 Å². The average molecular weight is 553 g/mol. The van der Waals surface area contributed by atoms with Crippen LogP contribution in [0.15, 0.2) is 78.4 Å². The first-order chi connectivity index (χ1) is 19.0. The summed E-state index contributed by atoms with van der Waals surface area (Å²) in [6.45, 7) is 11.5. The molecule has 0 bridgehead atoms. The molecule has 0 N–H and O–H groups in total. The van der Waals surface area contributed by atoms with E-state index < -0.39 is 0 Å². The Kier molecular flexibility index (Phi) is 8.94. The van der Waals surface area contributed by atoms with Crippen molar-refractivity contribution in [2.75, 3.05) is 0 Å². The van der Waals surface area contributed by atoms with E-state index in [-0.39, 0.29) is 5.41 Å². The van der Waals surface area contributed by atoms with E-state index in [1.165, 1.54) is 93.1 Å². The van der Waals surface area contributed by atoms with Crippen molar-refractivity contribution in [2.24, 2.45) is 5.92 Å². The van der Waals surface area contributed by atoms with Gasteiger partial charge in [-0.05, 0) is 110 Å². The molecule has 4 aromatic rings. The van der Waals surface area contributed by atoms with Crippen LogP contribution in [0.1, 0.15) is 95.6 Å². The highest BCUT2D eigenvalue weighted by Crippen LogP contribution is 2.57. The van der Waals surface area contributed by atoms with Gasteiger partial charge in [0, 0.05) is 24.9 Å². The second-order valence-electron chi connectivity index (χ2n) is 11.8. The molecule has 0 saturated heterocycles. The number of hydrogen-bond acceptors (Lipinski definition) is 2. The van der Waals surface area contributed by atoms with Crippen LogP contribution in [0, 0.1) is 5.92 Å². The largest absolute Gasteiger partial charge is 0.139 e. The Bertz CT molecular complexity index is 1420. The van der Waals surface area contributed by atoms with Crippen LogP contribution in [-0.4, -0.2) is 0 Å². The highest BCUT2D eigenvalue weighted by molar-refractivity contribution is 7.23. The number of fused-ring (bicyclic) bond motifs is 3. The van der Waals surface area contributed by atoms with Crippen molar-refractivity contribution in [2.45, 2.75) is 91.4 Å². The van der Waals surface area contributed by atoms with E-state index in [2.05, 4.69) is 107 Å². The molecule has 39 heavy (non-hydrogen) atoms. The van der Waals surface area contributed by atoms with Gasteiger partial charge in [0.2, 0.25) is 0 Å². The molecule has 0 aliphatic heterocycles. The normalized spacial score (nSPS) is 14.2. The maximum atomic E-state index is 2.41. The first kappa shape index (κ1) is 28.1. The zero-order valence-electron chi connectivity index (χ0n) is 24.5. The molecule has 2 aromatic heterocycles. The van der Waals surface area contributed by atoms with E-state index in [0.717, 1.165) is 5.92 Å². The van der Waals surface area contributed by atoms with Crippen molar-refractivity contribution in [3.63, 3.8) is 0 Å². The summed E-state index contributed by atoms with van der Waals surface area (Å²) in [6, 6.07) is 25.7. The fourth-order valence-corrected chi connectivity index (χ4v) is 8.87. The molecule has 1 aliphatic rings. The van der Waals surface area contributed by atoms with Crippen LogP contribution >= 0.6 is 22.7 Å². The third-order valence-corrected chi connectivity index (χ3v) is 11.0. The number of hydrogen-bond donors (Lipinski definition) is 0. The van der Waals surface area contributed by atoms with Gasteiger partial charge in [-0.3, -0.25) is 0 Å². The lowest BCUT2D eigenvalue weighted by Gasteiger charge is -2.33. The molecule has 1 aliphatic carbocycles. The molecule has 204 valence electrons. The lowest BCUT2D eigenvalue weighted by atomic mass is 9.70. The molecule has 2 heteroatoms. The van der Waals surface area contributed by atoms with E-state index in [4.69, 9.17) is 0 Å². The molecule has 2 aromatic carbocycles. The fraction of sp³-hybridized carbons (Fsp3) is 0.405. The number of benzene rings is 2. The van der Waals surface area contributed by atoms with E-state index in [1.54, 1.807) is 11.1 Å². The predicted octanol–water partition coefficient (Wildman–Crippen LogP) is 12.3. The zero-order chi connectivity index (χ0) is 27.4. The van der Waals surface area contributed by atoms with Crippen molar-refractivity contribution < 1.29 is 0 Å². The zero-order valence-corrected chi connectivity index (χ0v) is 26.1. The lowest BCUT2D eigenvalue weighted by molar-refractivity contribution is 0.437. The second-order valence-corrected chi connectivity index (χ2v) is 14.0. The number of allylic oxidation sites excluding steroid dienone is 2. The Balaban J connectivity index is 1.41. The highest BCUT2D eigenvalue weighted by atomic mass is 32.1. The second kappa shape index (κ2) is 12.4. The molecular formula is C37H44S2. The Hall–Kier alpha value is -2.42. The summed E-state index contributed by atoms with van der Waals surface area (Å²) >= 11 is 3.97. The molecular weight excluding hydrogens is 509 g/mol. The molecule has 5 rings (SSSR count). The van der Waals surface area contributed by atoms with Gasteiger partial charge in [-0.2, -0.15) is 0 Å². The van der Waals surface area contributed by atoms with Gasteiger partial charge in [-0.1, -0.05) is 87.7 Å². The minimum atomic E-state index is 0.120. The van der Waals surface area contributed by atoms with Gasteiger partial charge in [-0.15, -0.1) is 22.7 Å². The van der Waals surface area contributed by atoms with Crippen molar-refractivity contribution >= 4 is 22.7 Å². The van der Waals surface area contributed by atoms with Crippen LogP contribution in [0.5, 0.6) is 0 Å². The van der Waals surface area contributed by atoms with Gasteiger partial charge in [0.1, 0.15) is 0 Å². The van der Waals surface area contributed by atoms with Gasteiger partial charge in [0.25, 0.3) is 0 Å². The monoisotopic (exact) mass is 552 g/mol. The maximum Gasteiger partial charge on any atom is 0.0449 e. The number of aryl methyl sites for hydroxylation is 1. The molecule has 0 nitrogen and oxygen atoms in total. The predicted molar refractivity (Wildman–Crippen MR) is 175 cm³/mol. The van der Waals surface area contributed by atoms with Gasteiger partial charge < -0.3 is 0 Å². The SMILES string of the molecule is CCCC1(CCC)c2ccccc2-c2cccc(-c3ccc(-c4ccc(CC[C@@H](C)CCC=C(C)C)s4)s3)c21. The van der Waals surface area contributed by atoms with Crippen LogP contribution in [0.2, 0.25) is 0 Å². The van der Waals surface area contributed by atoms with Crippen LogP contribution < -0.4 is 0 Å². The Morgan fingerprint density at radius 1 is 0.744 bits per heavy atom. The van der Waals surface area contributed by atoms with E-state index in [0.29, 0.717) is 0 Å². The summed E-state index contributed by atoms with van der Waals surface area (Å²) in [4.78, 5) is 5.76. The van der Waals surface area contributed by atoms with Crippen LogP contribution in [0.25, 0.3) is 31.3 Å². The molecule has 1 atom stereocenters. The average Bonchev–Trinajstić information content (AvgIpc) is 3.66. The molecule has 0 unspecified atom stereocenters. The smallest absolute Gasteiger partial charge is 0.0449 e. The van der Waals surface area contributed by atoms with Crippen molar-refractivity contribution in [3.05, 3.63) is 94.4 Å². The first-order valence-electron chi connectivity index (χ1n) is 15.0. The van der Waals surface area contributed by atoms with Crippen molar-refractivity contribution in [1.29, 1.82) is 0 Å². The molecule has 0 radical (unpaired) electrons. The summed E-state index contributed by atoms with van der Waals surface area (Å²) in [5.41, 5.74) is 9.04. The van der Waals surface area contributed by atoms with Crippen LogP contribution in [-0.2, 0) is 11.8 Å². The Morgan fingerprint density at radius 3 is 2.18 bits per heavy atom. The third-order valence-electron chi connectivity index (χ3n) is 8.50. The quantitative estimate of drug-likeness (QED) is 0.153. The summed E-state index contributed by atoms with van der Waals surface area (Å²) < 4.78 is 0. The van der Waals surface area contributed by atoms with Crippen molar-refractivity contribution in [3.8, 4) is 31.3 Å². The fourth-order valence-electron chi connectivity index (χ4n) is 6.71. The topological polar surface area (TPSA) is 0 Å². The van der Waals surface area contributed by atoms with Gasteiger partial charge in [0.05, 0.1) is 0 Å². The molecule has 2 heterocycles. The molecule has 0 amide bonds. The minimum Gasteiger partial charge on any atom is -0.139 e. The van der Waals surface area contributed by atoms with Crippen LogP contribution in [0.4, 0.5) is 0 Å². The molecule has 0 saturated carbocycles. The van der Waals surface area contributed by atoms with Crippen molar-refractivity contribution in [1.82, 2.24) is 0 Å². The number of thiophene rings is 2. The number of rotatable bonds is 12. The lowest BCUT2D eigenvalue weighted by Crippen LogP contribution is -2.25. The van der Waals surface area contributed by atoms with E-state index in [1.807, 2.05) is 22.7 Å². The summed E-state index contributed by atoms with van der Waals surface area (Å²) in [6.07, 6.45) is 12.2. The molecule has 0 spiro atoms. The summed E-state index contributed by atoms with van der Waals surface area (Å²) in [5.74, 6) is 0.773. The minimum absolute atomic E-state index is 0.120. The summed E-state index contributed by atoms with van der Waals surface area (Å²) in [7, 11) is 0. The summed E-state index contributed by atoms with van der Waals surface area (Å²) in [5, 5.41) is 0. The maximum absolute atomic E-state index is 2.41. The molecule has 0 fully saturated rings. The first-order valence-corrected chi connectivity index (χ1v) is 16.7. The van der Waals surface area contributed by atoms with Gasteiger partial charge in [-0.25, -0.2) is 0 Å². The Morgan fingerprint density at radius 2 is 1.41 bits per heavy atom. The standard InChI is InChI=1S/C37H44S2/c1-6-24-37(25-7-2)32-17-9-8-14-29(32)30-15-11-16-31(36(30)37)33-22-23-35(39-33)34-21-20-28(38-34)19-18-27(5)13-10-12-26(3)4/h8-9,11-12,14-17,20-23,27H,6-7,10,13,18-19,24-25H2,1-5H3/t27-/m0/s1.